The molecule has 0 unspecified atom stereocenters. The smallest absolute Gasteiger partial charge is 0.155 e. The molecule has 0 N–H and O–H groups in total. The van der Waals surface area contributed by atoms with E-state index in [1.807, 2.05) is 6.07 Å². The summed E-state index contributed by atoms with van der Waals surface area (Å²) in [5.74, 6) is 0.00181. The maximum absolute atomic E-state index is 13.0. The predicted molar refractivity (Wildman–Crippen MR) is 61.7 cm³/mol. The van der Waals surface area contributed by atoms with E-state index in [0.717, 1.165) is 30.4 Å². The Morgan fingerprint density at radius 3 is 2.81 bits per heavy atom. The Morgan fingerprint density at radius 1 is 1.19 bits per heavy atom. The Morgan fingerprint density at radius 2 is 2.00 bits per heavy atom. The number of hydrogen-bond donors (Lipinski definition) is 0. The van der Waals surface area contributed by atoms with Crippen molar-refractivity contribution < 1.29 is 9.18 Å². The van der Waals surface area contributed by atoms with Crippen LogP contribution >= 0.6 is 0 Å². The molecule has 84 valence electrons. The van der Waals surface area contributed by atoms with Gasteiger partial charge in [-0.15, -0.1) is 0 Å². The van der Waals surface area contributed by atoms with Gasteiger partial charge in [-0.05, 0) is 49.5 Å². The molecule has 0 heterocycles. The Hall–Kier alpha value is -1.44. The van der Waals surface area contributed by atoms with Crippen molar-refractivity contribution in [1.29, 1.82) is 0 Å². The first-order valence-electron chi connectivity index (χ1n) is 5.71. The molecule has 1 nitrogen and oxygen atoms in total. The monoisotopic (exact) mass is 218 g/mol. The standard InChI is InChI=1S/C14H15FO/c15-13-6-3-5-11(9-13)8-12-4-1-2-7-14(16)10-12/h3,5-6,9-10H,1-2,4,7-8H2. The second-order valence-corrected chi connectivity index (χ2v) is 4.28. The molecule has 1 aliphatic carbocycles. The molecule has 0 aromatic heterocycles. The van der Waals surface area contributed by atoms with Gasteiger partial charge in [-0.2, -0.15) is 0 Å². The van der Waals surface area contributed by atoms with Gasteiger partial charge < -0.3 is 0 Å². The molecule has 0 bridgehead atoms. The first-order valence-corrected chi connectivity index (χ1v) is 5.71. The molecular formula is C14H15FO. The maximum atomic E-state index is 13.0. The summed E-state index contributed by atoms with van der Waals surface area (Å²) in [6.07, 6.45) is 6.10. The van der Waals surface area contributed by atoms with Crippen molar-refractivity contribution in [3.05, 3.63) is 47.3 Å². The lowest BCUT2D eigenvalue weighted by atomic mass is 10.0. The average Bonchev–Trinajstić information content (AvgIpc) is 2.43. The summed E-state index contributed by atoms with van der Waals surface area (Å²) in [7, 11) is 0. The van der Waals surface area contributed by atoms with Gasteiger partial charge in [-0.1, -0.05) is 17.7 Å². The predicted octanol–water partition coefficient (Wildman–Crippen LogP) is 3.44. The van der Waals surface area contributed by atoms with Crippen molar-refractivity contribution in [1.82, 2.24) is 0 Å². The molecule has 0 saturated carbocycles. The van der Waals surface area contributed by atoms with Gasteiger partial charge in [0.15, 0.2) is 5.78 Å². The van der Waals surface area contributed by atoms with Crippen LogP contribution in [0.25, 0.3) is 0 Å². The molecular weight excluding hydrogens is 203 g/mol. The second-order valence-electron chi connectivity index (χ2n) is 4.28. The van der Waals surface area contributed by atoms with Crippen molar-refractivity contribution in [2.45, 2.75) is 32.1 Å². The molecule has 0 radical (unpaired) electrons. The molecule has 0 aliphatic heterocycles. The van der Waals surface area contributed by atoms with Gasteiger partial charge >= 0.3 is 0 Å². The fourth-order valence-electron chi connectivity index (χ4n) is 2.07. The number of halogens is 1. The number of ketones is 1. The maximum Gasteiger partial charge on any atom is 0.155 e. The zero-order valence-corrected chi connectivity index (χ0v) is 9.21. The molecule has 0 fully saturated rings. The van der Waals surface area contributed by atoms with E-state index in [0.29, 0.717) is 12.8 Å². The van der Waals surface area contributed by atoms with Gasteiger partial charge in [0.2, 0.25) is 0 Å². The van der Waals surface area contributed by atoms with E-state index >= 15 is 0 Å². The normalized spacial score (nSPS) is 16.8. The van der Waals surface area contributed by atoms with E-state index in [1.165, 1.54) is 12.1 Å². The van der Waals surface area contributed by atoms with E-state index in [1.54, 1.807) is 12.1 Å². The second kappa shape index (κ2) is 5.06. The van der Waals surface area contributed by atoms with Gasteiger partial charge in [0.1, 0.15) is 5.82 Å². The van der Waals surface area contributed by atoms with Crippen LogP contribution in [0.5, 0.6) is 0 Å². The van der Waals surface area contributed by atoms with Gasteiger partial charge in [0.25, 0.3) is 0 Å². The lowest BCUT2D eigenvalue weighted by Crippen LogP contribution is -1.94. The van der Waals surface area contributed by atoms with Crippen LogP contribution in [0.3, 0.4) is 0 Å². The minimum absolute atomic E-state index is 0.210. The summed E-state index contributed by atoms with van der Waals surface area (Å²) < 4.78 is 13.0. The lowest BCUT2D eigenvalue weighted by Gasteiger charge is -2.05. The van der Waals surface area contributed by atoms with E-state index in [-0.39, 0.29) is 11.6 Å². The van der Waals surface area contributed by atoms with Crippen LogP contribution in [0.4, 0.5) is 4.39 Å². The molecule has 1 aromatic carbocycles. The topological polar surface area (TPSA) is 17.1 Å². The van der Waals surface area contributed by atoms with Crippen LogP contribution in [-0.2, 0) is 11.2 Å². The van der Waals surface area contributed by atoms with Crippen LogP contribution in [-0.4, -0.2) is 5.78 Å². The summed E-state index contributed by atoms with van der Waals surface area (Å²) in [6.45, 7) is 0. The highest BCUT2D eigenvalue weighted by Crippen LogP contribution is 2.19. The van der Waals surface area contributed by atoms with Gasteiger partial charge in [-0.25, -0.2) is 4.39 Å². The Kier molecular flexibility index (Phi) is 3.50. The van der Waals surface area contributed by atoms with E-state index < -0.39 is 0 Å². The zero-order valence-electron chi connectivity index (χ0n) is 9.21. The van der Waals surface area contributed by atoms with Crippen molar-refractivity contribution in [3.63, 3.8) is 0 Å². The van der Waals surface area contributed by atoms with Crippen LogP contribution < -0.4 is 0 Å². The van der Waals surface area contributed by atoms with Crippen molar-refractivity contribution in [2.75, 3.05) is 0 Å². The summed E-state index contributed by atoms with van der Waals surface area (Å²) in [4.78, 5) is 11.4. The average molecular weight is 218 g/mol. The highest BCUT2D eigenvalue weighted by atomic mass is 19.1. The van der Waals surface area contributed by atoms with Crippen molar-refractivity contribution >= 4 is 5.78 Å². The first kappa shape index (κ1) is 11.1. The van der Waals surface area contributed by atoms with Gasteiger partial charge in [0.05, 0.1) is 0 Å². The minimum Gasteiger partial charge on any atom is -0.295 e. The third-order valence-electron chi connectivity index (χ3n) is 2.86. The van der Waals surface area contributed by atoms with Gasteiger partial charge in [0, 0.05) is 6.42 Å². The molecule has 0 saturated heterocycles. The number of rotatable bonds is 2. The van der Waals surface area contributed by atoms with Crippen LogP contribution in [0.1, 0.15) is 31.2 Å². The lowest BCUT2D eigenvalue weighted by molar-refractivity contribution is -0.114. The van der Waals surface area contributed by atoms with Crippen molar-refractivity contribution in [3.8, 4) is 0 Å². The summed E-state index contributed by atoms with van der Waals surface area (Å²) in [5.41, 5.74) is 2.08. The minimum atomic E-state index is -0.210. The summed E-state index contributed by atoms with van der Waals surface area (Å²) >= 11 is 0. The molecule has 2 heteroatoms. The fourth-order valence-corrected chi connectivity index (χ4v) is 2.07. The summed E-state index contributed by atoms with van der Waals surface area (Å²) in [6, 6.07) is 6.59. The number of carbonyl (C=O) groups excluding carboxylic acids is 1. The van der Waals surface area contributed by atoms with Crippen LogP contribution in [0.15, 0.2) is 35.9 Å². The Bertz CT molecular complexity index is 420. The fraction of sp³-hybridized carbons (Fsp3) is 0.357. The molecule has 2 rings (SSSR count). The van der Waals surface area contributed by atoms with E-state index in [2.05, 4.69) is 0 Å². The third kappa shape index (κ3) is 3.02. The highest BCUT2D eigenvalue weighted by Gasteiger charge is 2.09. The number of hydrogen-bond acceptors (Lipinski definition) is 1. The molecule has 0 atom stereocenters. The van der Waals surface area contributed by atoms with Crippen molar-refractivity contribution in [2.24, 2.45) is 0 Å². The number of benzene rings is 1. The third-order valence-corrected chi connectivity index (χ3v) is 2.86. The summed E-state index contributed by atoms with van der Waals surface area (Å²) in [5, 5.41) is 0. The number of allylic oxidation sites excluding steroid dienone is 2. The molecule has 0 spiro atoms. The van der Waals surface area contributed by atoms with E-state index in [9.17, 15) is 9.18 Å². The van der Waals surface area contributed by atoms with Crippen LogP contribution in [0, 0.1) is 5.82 Å². The van der Waals surface area contributed by atoms with E-state index in [4.69, 9.17) is 0 Å². The van der Waals surface area contributed by atoms with Gasteiger partial charge in [-0.3, -0.25) is 4.79 Å². The largest absolute Gasteiger partial charge is 0.295 e. The Labute approximate surface area is 95.0 Å². The SMILES string of the molecule is O=C1C=C(Cc2cccc(F)c2)CCCC1. The molecule has 1 aliphatic rings. The quantitative estimate of drug-likeness (QED) is 0.743. The highest BCUT2D eigenvalue weighted by molar-refractivity contribution is 5.90. The number of carbonyl (C=O) groups is 1. The zero-order chi connectivity index (χ0) is 11.4. The molecule has 16 heavy (non-hydrogen) atoms. The van der Waals surface area contributed by atoms with Crippen LogP contribution in [0.2, 0.25) is 0 Å². The first-order chi connectivity index (χ1) is 7.74. The molecule has 1 aromatic rings. The Balaban J connectivity index is 2.11. The molecule has 0 amide bonds.